The minimum Gasteiger partial charge on any atom is -0.361 e. The molecule has 7 heteroatoms. The van der Waals surface area contributed by atoms with Crippen LogP contribution in [0.25, 0.3) is 10.9 Å². The molecule has 1 aliphatic heterocycles. The second-order valence-electron chi connectivity index (χ2n) is 10.6. The van der Waals surface area contributed by atoms with Gasteiger partial charge in [0, 0.05) is 53.4 Å². The third-order valence-electron chi connectivity index (χ3n) is 7.46. The summed E-state index contributed by atoms with van der Waals surface area (Å²) in [6, 6.07) is 19.9. The van der Waals surface area contributed by atoms with E-state index in [1.807, 2.05) is 53.6 Å². The molecule has 1 aromatic heterocycles. The predicted molar refractivity (Wildman–Crippen MR) is 153 cm³/mol. The maximum atomic E-state index is 14.5. The maximum Gasteiger partial charge on any atom is 0.244 e. The minimum absolute atomic E-state index is 0.00575. The van der Waals surface area contributed by atoms with E-state index >= 15 is 0 Å². The average Bonchev–Trinajstić information content (AvgIpc) is 3.32. The standard InChI is InChI=1S/C31H34ClFN4O/c1-20(27-17-34-28-10-5-4-9-26(27)28)30(35-16-21-7-6-8-25(33)14-21)31(38)37-19-22(18-36(2)3)13-23-15-24(32)11-12-29(23)37/h4-12,14-15,17,20,22,30,34-35H,13,16,18-19H2,1-3H3/t20?,22-,30?/m1/s1. The smallest absolute Gasteiger partial charge is 0.244 e. The Hall–Kier alpha value is -3.19. The van der Waals surface area contributed by atoms with Gasteiger partial charge in [-0.1, -0.05) is 48.9 Å². The van der Waals surface area contributed by atoms with E-state index in [-0.39, 0.29) is 23.6 Å². The molecule has 5 nitrogen and oxygen atoms in total. The Balaban J connectivity index is 1.51. The van der Waals surface area contributed by atoms with Gasteiger partial charge in [-0.3, -0.25) is 4.79 Å². The van der Waals surface area contributed by atoms with E-state index in [2.05, 4.69) is 42.3 Å². The fraction of sp³-hybridized carbons (Fsp3) is 0.323. The number of H-pyrrole nitrogens is 1. The number of carbonyl (C=O) groups excluding carboxylic acids is 1. The highest BCUT2D eigenvalue weighted by Gasteiger charge is 2.36. The Kier molecular flexibility index (Phi) is 7.84. The number of aromatic nitrogens is 1. The average molecular weight is 533 g/mol. The zero-order chi connectivity index (χ0) is 26.8. The Bertz CT molecular complexity index is 1430. The Labute approximate surface area is 228 Å². The van der Waals surface area contributed by atoms with E-state index in [9.17, 15) is 9.18 Å². The van der Waals surface area contributed by atoms with Crippen LogP contribution in [0.3, 0.4) is 0 Å². The lowest BCUT2D eigenvalue weighted by Crippen LogP contribution is -2.52. The summed E-state index contributed by atoms with van der Waals surface area (Å²) in [6.45, 7) is 3.96. The third kappa shape index (κ3) is 5.63. The highest BCUT2D eigenvalue weighted by Crippen LogP contribution is 2.35. The highest BCUT2D eigenvalue weighted by molar-refractivity contribution is 6.30. The number of benzene rings is 3. The monoisotopic (exact) mass is 532 g/mol. The molecule has 2 N–H and O–H groups in total. The zero-order valence-corrected chi connectivity index (χ0v) is 22.8. The molecule has 0 radical (unpaired) electrons. The molecule has 0 saturated carbocycles. The van der Waals surface area contributed by atoms with Gasteiger partial charge in [0.15, 0.2) is 0 Å². The zero-order valence-electron chi connectivity index (χ0n) is 22.0. The summed E-state index contributed by atoms with van der Waals surface area (Å²) < 4.78 is 13.9. The van der Waals surface area contributed by atoms with Crippen LogP contribution in [0.15, 0.2) is 72.9 Å². The first-order valence-electron chi connectivity index (χ1n) is 13.1. The summed E-state index contributed by atoms with van der Waals surface area (Å²) in [5.41, 5.74) is 4.91. The lowest BCUT2D eigenvalue weighted by molar-refractivity contribution is -0.121. The molecule has 38 heavy (non-hydrogen) atoms. The van der Waals surface area contributed by atoms with Gasteiger partial charge in [-0.15, -0.1) is 0 Å². The summed E-state index contributed by atoms with van der Waals surface area (Å²) in [7, 11) is 4.12. The van der Waals surface area contributed by atoms with Crippen molar-refractivity contribution < 1.29 is 9.18 Å². The summed E-state index contributed by atoms with van der Waals surface area (Å²) in [6.07, 6.45) is 2.87. The fourth-order valence-corrected chi connectivity index (χ4v) is 5.93. The van der Waals surface area contributed by atoms with E-state index < -0.39 is 6.04 Å². The third-order valence-corrected chi connectivity index (χ3v) is 7.70. The van der Waals surface area contributed by atoms with E-state index in [1.165, 1.54) is 12.1 Å². The van der Waals surface area contributed by atoms with Crippen LogP contribution in [-0.2, 0) is 17.8 Å². The molecule has 1 amide bonds. The van der Waals surface area contributed by atoms with Crippen LogP contribution < -0.4 is 10.2 Å². The van der Waals surface area contributed by atoms with Crippen molar-refractivity contribution in [3.05, 3.63) is 100 Å². The van der Waals surface area contributed by atoms with Crippen molar-refractivity contribution >= 4 is 34.1 Å². The lowest BCUT2D eigenvalue weighted by Gasteiger charge is -2.39. The molecule has 2 unspecified atom stereocenters. The summed E-state index contributed by atoms with van der Waals surface area (Å²) in [5, 5.41) is 5.28. The van der Waals surface area contributed by atoms with E-state index in [4.69, 9.17) is 11.6 Å². The molecule has 0 spiro atoms. The quantitative estimate of drug-likeness (QED) is 0.293. The van der Waals surface area contributed by atoms with Gasteiger partial charge in [-0.25, -0.2) is 4.39 Å². The topological polar surface area (TPSA) is 51.4 Å². The SMILES string of the molecule is CC(c1c[nH]c2ccccc12)C(NCc1cccc(F)c1)C(=O)N1C[C@@H](CN(C)C)Cc2cc(Cl)ccc21. The second-order valence-corrected chi connectivity index (χ2v) is 11.1. The van der Waals surface area contributed by atoms with Crippen LogP contribution in [0, 0.1) is 11.7 Å². The first-order valence-corrected chi connectivity index (χ1v) is 13.5. The Morgan fingerprint density at radius 2 is 1.97 bits per heavy atom. The number of halogens is 2. The molecule has 0 aliphatic carbocycles. The molecule has 3 atom stereocenters. The number of hydrogen-bond donors (Lipinski definition) is 2. The normalized spacial score (nSPS) is 17.0. The van der Waals surface area contributed by atoms with Gasteiger partial charge in [0.25, 0.3) is 0 Å². The van der Waals surface area contributed by atoms with Gasteiger partial charge in [-0.05, 0) is 79.5 Å². The molecule has 198 valence electrons. The summed E-state index contributed by atoms with van der Waals surface area (Å²) >= 11 is 6.36. The van der Waals surface area contributed by atoms with Gasteiger partial charge in [0.05, 0.1) is 6.04 Å². The van der Waals surface area contributed by atoms with Gasteiger partial charge in [-0.2, -0.15) is 0 Å². The molecular formula is C31H34ClFN4O. The number of amides is 1. The van der Waals surface area contributed by atoms with Crippen LogP contribution in [0.1, 0.15) is 29.5 Å². The van der Waals surface area contributed by atoms with E-state index in [0.29, 0.717) is 18.1 Å². The molecule has 2 heterocycles. The van der Waals surface area contributed by atoms with Crippen LogP contribution in [0.4, 0.5) is 10.1 Å². The number of aromatic amines is 1. The number of rotatable bonds is 8. The highest BCUT2D eigenvalue weighted by atomic mass is 35.5. The van der Waals surface area contributed by atoms with Gasteiger partial charge < -0.3 is 20.1 Å². The summed E-state index contributed by atoms with van der Waals surface area (Å²) in [4.78, 5) is 21.9. The molecule has 1 aliphatic rings. The largest absolute Gasteiger partial charge is 0.361 e. The van der Waals surface area contributed by atoms with Gasteiger partial charge >= 0.3 is 0 Å². The molecular weight excluding hydrogens is 499 g/mol. The van der Waals surface area contributed by atoms with Crippen molar-refractivity contribution in [2.24, 2.45) is 5.92 Å². The number of carbonyl (C=O) groups is 1. The first-order chi connectivity index (χ1) is 18.3. The number of anilines is 1. The lowest BCUT2D eigenvalue weighted by atomic mass is 9.88. The molecule has 4 aromatic rings. The number of nitrogens with zero attached hydrogens (tertiary/aromatic N) is 2. The first kappa shape index (κ1) is 26.4. The van der Waals surface area contributed by atoms with Crippen molar-refractivity contribution in [1.29, 1.82) is 0 Å². The van der Waals surface area contributed by atoms with Crippen molar-refractivity contribution in [1.82, 2.24) is 15.2 Å². The van der Waals surface area contributed by atoms with E-state index in [1.54, 1.807) is 6.07 Å². The van der Waals surface area contributed by atoms with Crippen LogP contribution in [0.2, 0.25) is 5.02 Å². The fourth-order valence-electron chi connectivity index (χ4n) is 5.73. The van der Waals surface area contributed by atoms with Crippen LogP contribution in [0.5, 0.6) is 0 Å². The van der Waals surface area contributed by atoms with Crippen molar-refractivity contribution in [2.45, 2.75) is 31.8 Å². The maximum absolute atomic E-state index is 14.5. The number of hydrogen-bond acceptors (Lipinski definition) is 3. The van der Waals surface area contributed by atoms with Gasteiger partial charge in [0.2, 0.25) is 5.91 Å². The Morgan fingerprint density at radius 3 is 2.76 bits per heavy atom. The van der Waals surface area contributed by atoms with Crippen LogP contribution >= 0.6 is 11.6 Å². The molecule has 0 bridgehead atoms. The Morgan fingerprint density at radius 1 is 1.16 bits per heavy atom. The number of para-hydroxylation sites is 1. The molecule has 0 fully saturated rings. The molecule has 3 aromatic carbocycles. The number of fused-ring (bicyclic) bond motifs is 2. The van der Waals surface area contributed by atoms with Crippen molar-refractivity contribution in [3.8, 4) is 0 Å². The minimum atomic E-state index is -0.529. The molecule has 0 saturated heterocycles. The predicted octanol–water partition coefficient (Wildman–Crippen LogP) is 5.99. The summed E-state index contributed by atoms with van der Waals surface area (Å²) in [5.74, 6) is -0.138. The van der Waals surface area contributed by atoms with Crippen molar-refractivity contribution in [2.75, 3.05) is 32.1 Å². The van der Waals surface area contributed by atoms with Crippen LogP contribution in [-0.4, -0.2) is 49.0 Å². The molecule has 5 rings (SSSR count). The second kappa shape index (κ2) is 11.3. The van der Waals surface area contributed by atoms with E-state index in [0.717, 1.165) is 46.2 Å². The number of nitrogens with one attached hydrogen (secondary N) is 2. The van der Waals surface area contributed by atoms with Crippen molar-refractivity contribution in [3.63, 3.8) is 0 Å². The van der Waals surface area contributed by atoms with Gasteiger partial charge in [0.1, 0.15) is 5.82 Å².